The van der Waals surface area contributed by atoms with E-state index in [-0.39, 0.29) is 5.91 Å². The molecule has 0 unspecified atom stereocenters. The van der Waals surface area contributed by atoms with Crippen LogP contribution in [-0.4, -0.2) is 33.2 Å². The first kappa shape index (κ1) is 18.2. The van der Waals surface area contributed by atoms with E-state index in [2.05, 4.69) is 16.7 Å². The Bertz CT molecular complexity index is 570. The Morgan fingerprint density at radius 3 is 2.75 bits per heavy atom. The lowest BCUT2D eigenvalue weighted by molar-refractivity contribution is -0.120. The number of benzene rings is 1. The van der Waals surface area contributed by atoms with Gasteiger partial charge in [0, 0.05) is 25.6 Å². The molecule has 2 rings (SSSR count). The summed E-state index contributed by atoms with van der Waals surface area (Å²) in [6.07, 6.45) is 8.69. The molecule has 132 valence electrons. The van der Waals surface area contributed by atoms with Crippen LogP contribution in [0.15, 0.2) is 29.8 Å². The zero-order chi connectivity index (χ0) is 17.2. The van der Waals surface area contributed by atoms with Crippen molar-refractivity contribution in [2.75, 3.05) is 32.6 Å². The average molecular weight is 332 g/mol. The Morgan fingerprint density at radius 2 is 2.04 bits per heavy atom. The van der Waals surface area contributed by atoms with Gasteiger partial charge in [-0.3, -0.25) is 4.79 Å². The zero-order valence-electron chi connectivity index (χ0n) is 14.7. The third kappa shape index (κ3) is 5.80. The number of allylic oxidation sites excluding steroid dienone is 1. The van der Waals surface area contributed by atoms with Crippen LogP contribution >= 0.6 is 0 Å². The van der Waals surface area contributed by atoms with Gasteiger partial charge in [-0.2, -0.15) is 0 Å². The smallest absolute Gasteiger partial charge is 0.221 e. The summed E-state index contributed by atoms with van der Waals surface area (Å²) in [5, 5.41) is 6.22. The second-order valence-corrected chi connectivity index (χ2v) is 5.95. The molecule has 1 aromatic carbocycles. The lowest BCUT2D eigenvalue weighted by Crippen LogP contribution is -2.26. The number of methoxy groups -OCH3 is 2. The number of rotatable bonds is 9. The number of nitrogens with one attached hydrogen (secondary N) is 2. The van der Waals surface area contributed by atoms with E-state index in [1.807, 2.05) is 18.2 Å². The monoisotopic (exact) mass is 332 g/mol. The van der Waals surface area contributed by atoms with Crippen molar-refractivity contribution in [1.82, 2.24) is 5.32 Å². The van der Waals surface area contributed by atoms with Gasteiger partial charge in [-0.25, -0.2) is 0 Å². The maximum atomic E-state index is 11.9. The molecule has 1 amide bonds. The highest BCUT2D eigenvalue weighted by atomic mass is 16.5. The third-order valence-corrected chi connectivity index (χ3v) is 4.23. The molecule has 0 bridgehead atoms. The van der Waals surface area contributed by atoms with Crippen molar-refractivity contribution in [2.45, 2.75) is 38.5 Å². The van der Waals surface area contributed by atoms with E-state index in [1.165, 1.54) is 31.3 Å². The van der Waals surface area contributed by atoms with Gasteiger partial charge in [0.25, 0.3) is 0 Å². The molecule has 0 atom stereocenters. The maximum absolute atomic E-state index is 11.9. The van der Waals surface area contributed by atoms with Crippen LogP contribution in [0.2, 0.25) is 0 Å². The highest BCUT2D eigenvalue weighted by Crippen LogP contribution is 2.28. The highest BCUT2D eigenvalue weighted by Gasteiger charge is 2.07. The molecular weight excluding hydrogens is 304 g/mol. The summed E-state index contributed by atoms with van der Waals surface area (Å²) in [5.41, 5.74) is 2.32. The SMILES string of the molecule is COc1ccc(OC)c(NCCC(=O)NCCC2=CCCCC2)c1. The van der Waals surface area contributed by atoms with Gasteiger partial charge in [-0.15, -0.1) is 0 Å². The van der Waals surface area contributed by atoms with Crippen LogP contribution in [-0.2, 0) is 4.79 Å². The molecule has 24 heavy (non-hydrogen) atoms. The van der Waals surface area contributed by atoms with Crippen molar-refractivity contribution in [2.24, 2.45) is 0 Å². The fraction of sp³-hybridized carbons (Fsp3) is 0.526. The molecule has 0 fully saturated rings. The van der Waals surface area contributed by atoms with Crippen LogP contribution in [0.4, 0.5) is 5.69 Å². The topological polar surface area (TPSA) is 59.6 Å². The van der Waals surface area contributed by atoms with Crippen LogP contribution in [0, 0.1) is 0 Å². The lowest BCUT2D eigenvalue weighted by Gasteiger charge is -2.14. The molecule has 0 spiro atoms. The Hall–Kier alpha value is -2.17. The number of anilines is 1. The summed E-state index contributed by atoms with van der Waals surface area (Å²) in [4.78, 5) is 11.9. The van der Waals surface area contributed by atoms with E-state index in [0.717, 1.165) is 30.2 Å². The summed E-state index contributed by atoms with van der Waals surface area (Å²) >= 11 is 0. The van der Waals surface area contributed by atoms with Crippen LogP contribution in [0.3, 0.4) is 0 Å². The minimum atomic E-state index is 0.0702. The standard InChI is InChI=1S/C19H28N2O3/c1-23-16-8-9-18(24-2)17(14-16)20-13-11-19(22)21-12-10-15-6-4-3-5-7-15/h6,8-9,14,20H,3-5,7,10-13H2,1-2H3,(H,21,22). The molecule has 0 saturated carbocycles. The molecule has 0 aliphatic heterocycles. The Kier molecular flexibility index (Phi) is 7.46. The first-order valence-corrected chi connectivity index (χ1v) is 8.63. The quantitative estimate of drug-likeness (QED) is 0.679. The predicted octanol–water partition coefficient (Wildman–Crippen LogP) is 3.51. The largest absolute Gasteiger partial charge is 0.497 e. The first-order chi connectivity index (χ1) is 11.7. The predicted molar refractivity (Wildman–Crippen MR) is 96.8 cm³/mol. The number of carbonyl (C=O) groups excluding carboxylic acids is 1. The molecule has 1 aliphatic carbocycles. The van der Waals surface area contributed by atoms with E-state index in [4.69, 9.17) is 9.47 Å². The van der Waals surface area contributed by atoms with E-state index in [0.29, 0.717) is 13.0 Å². The molecule has 0 heterocycles. The fourth-order valence-electron chi connectivity index (χ4n) is 2.85. The summed E-state index contributed by atoms with van der Waals surface area (Å²) in [5.74, 6) is 1.56. The second kappa shape index (κ2) is 9.85. The fourth-order valence-corrected chi connectivity index (χ4v) is 2.85. The summed E-state index contributed by atoms with van der Waals surface area (Å²) in [6, 6.07) is 5.56. The average Bonchev–Trinajstić information content (AvgIpc) is 2.62. The van der Waals surface area contributed by atoms with Crippen molar-refractivity contribution in [3.8, 4) is 11.5 Å². The minimum absolute atomic E-state index is 0.0702. The third-order valence-electron chi connectivity index (χ3n) is 4.23. The Labute approximate surface area is 144 Å². The second-order valence-electron chi connectivity index (χ2n) is 5.95. The van der Waals surface area contributed by atoms with Gasteiger partial charge in [0.05, 0.1) is 19.9 Å². The lowest BCUT2D eigenvalue weighted by atomic mass is 9.97. The van der Waals surface area contributed by atoms with Gasteiger partial charge in [0.2, 0.25) is 5.91 Å². The summed E-state index contributed by atoms with van der Waals surface area (Å²) in [6.45, 7) is 1.28. The molecule has 0 radical (unpaired) electrons. The van der Waals surface area contributed by atoms with Gasteiger partial charge in [0.15, 0.2) is 0 Å². The van der Waals surface area contributed by atoms with E-state index < -0.39 is 0 Å². The van der Waals surface area contributed by atoms with Crippen LogP contribution in [0.1, 0.15) is 38.5 Å². The van der Waals surface area contributed by atoms with E-state index in [9.17, 15) is 4.79 Å². The molecule has 5 heteroatoms. The van der Waals surface area contributed by atoms with Crippen molar-refractivity contribution < 1.29 is 14.3 Å². The maximum Gasteiger partial charge on any atom is 0.221 e. The normalized spacial score (nSPS) is 13.8. The summed E-state index contributed by atoms with van der Waals surface area (Å²) in [7, 11) is 3.25. The van der Waals surface area contributed by atoms with Gasteiger partial charge in [-0.05, 0) is 44.2 Å². The number of ether oxygens (including phenoxy) is 2. The molecular formula is C19H28N2O3. The first-order valence-electron chi connectivity index (χ1n) is 8.63. The molecule has 0 aromatic heterocycles. The molecule has 1 aliphatic rings. The van der Waals surface area contributed by atoms with Crippen LogP contribution in [0.25, 0.3) is 0 Å². The number of amides is 1. The van der Waals surface area contributed by atoms with Crippen molar-refractivity contribution in [3.05, 3.63) is 29.8 Å². The molecule has 5 nitrogen and oxygen atoms in total. The van der Waals surface area contributed by atoms with Gasteiger partial charge < -0.3 is 20.1 Å². The van der Waals surface area contributed by atoms with Gasteiger partial charge in [0.1, 0.15) is 11.5 Å². The van der Waals surface area contributed by atoms with E-state index in [1.54, 1.807) is 14.2 Å². The van der Waals surface area contributed by atoms with Crippen LogP contribution in [0.5, 0.6) is 11.5 Å². The Morgan fingerprint density at radius 1 is 1.17 bits per heavy atom. The molecule has 2 N–H and O–H groups in total. The summed E-state index contributed by atoms with van der Waals surface area (Å²) < 4.78 is 10.5. The number of carbonyl (C=O) groups is 1. The van der Waals surface area contributed by atoms with Crippen molar-refractivity contribution in [1.29, 1.82) is 0 Å². The number of hydrogen-bond acceptors (Lipinski definition) is 4. The highest BCUT2D eigenvalue weighted by molar-refractivity contribution is 5.76. The van der Waals surface area contributed by atoms with Crippen LogP contribution < -0.4 is 20.1 Å². The molecule has 1 aromatic rings. The number of hydrogen-bond donors (Lipinski definition) is 2. The molecule has 0 saturated heterocycles. The van der Waals surface area contributed by atoms with Crippen molar-refractivity contribution in [3.63, 3.8) is 0 Å². The minimum Gasteiger partial charge on any atom is -0.497 e. The van der Waals surface area contributed by atoms with E-state index >= 15 is 0 Å². The zero-order valence-corrected chi connectivity index (χ0v) is 14.7. The Balaban J connectivity index is 1.69. The van der Waals surface area contributed by atoms with Gasteiger partial charge in [-0.1, -0.05) is 11.6 Å². The van der Waals surface area contributed by atoms with Gasteiger partial charge >= 0.3 is 0 Å². The van der Waals surface area contributed by atoms with Crippen molar-refractivity contribution >= 4 is 11.6 Å².